The van der Waals surface area contributed by atoms with Crippen molar-refractivity contribution in [3.05, 3.63) is 23.8 Å². The van der Waals surface area contributed by atoms with Crippen molar-refractivity contribution in [2.75, 3.05) is 12.9 Å². The van der Waals surface area contributed by atoms with Gasteiger partial charge < -0.3 is 4.74 Å². The van der Waals surface area contributed by atoms with Crippen LogP contribution in [-0.2, 0) is 6.18 Å². The average Bonchev–Trinajstić information content (AvgIpc) is 2.26. The van der Waals surface area contributed by atoms with E-state index < -0.39 is 11.7 Å². The van der Waals surface area contributed by atoms with E-state index in [1.54, 1.807) is 6.26 Å². The quantitative estimate of drug-likeness (QED) is 0.700. The molecule has 0 bridgehead atoms. The molecule has 16 heavy (non-hydrogen) atoms. The number of nitrogens with zero attached hydrogens (tertiary/aromatic N) is 1. The molecule has 0 N–H and O–H groups in total. The third kappa shape index (κ3) is 2.02. The van der Waals surface area contributed by atoms with E-state index in [4.69, 9.17) is 4.74 Å². The monoisotopic (exact) mass is 247 g/mol. The molecule has 0 fully saturated rings. The highest BCUT2D eigenvalue weighted by atomic mass is 32.2. The van der Waals surface area contributed by atoms with Crippen molar-refractivity contribution in [3.8, 4) is 5.75 Å². The Bertz CT molecular complexity index is 442. The molecule has 0 saturated heterocycles. The van der Waals surface area contributed by atoms with Crippen molar-refractivity contribution < 1.29 is 17.9 Å². The van der Waals surface area contributed by atoms with Crippen LogP contribution in [0.3, 0.4) is 0 Å². The fourth-order valence-corrected chi connectivity index (χ4v) is 1.76. The molecule has 2 rings (SSSR count). The first kappa shape index (κ1) is 11.3. The Hall–Kier alpha value is -1.17. The SMILES string of the molecule is CSC1=Nc2cccc(C(F)(F)F)c2OC1. The second kappa shape index (κ2) is 4.01. The summed E-state index contributed by atoms with van der Waals surface area (Å²) in [5, 5.41) is 0.673. The lowest BCUT2D eigenvalue weighted by atomic mass is 10.1. The minimum absolute atomic E-state index is 0.0985. The normalized spacial score (nSPS) is 15.1. The third-order valence-corrected chi connectivity index (χ3v) is 2.80. The molecule has 1 aromatic carbocycles. The maximum atomic E-state index is 12.6. The van der Waals surface area contributed by atoms with Gasteiger partial charge in [0.1, 0.15) is 17.3 Å². The molecular weight excluding hydrogens is 239 g/mol. The standard InChI is InChI=1S/C10H8F3NOS/c1-16-8-5-15-9-6(10(11,12)13)3-2-4-7(9)14-8/h2-4H,5H2,1H3. The Balaban J connectivity index is 2.51. The molecule has 2 nitrogen and oxygen atoms in total. The number of aliphatic imine (C=N–C) groups is 1. The number of rotatable bonds is 0. The van der Waals surface area contributed by atoms with Gasteiger partial charge in [0, 0.05) is 0 Å². The maximum absolute atomic E-state index is 12.6. The van der Waals surface area contributed by atoms with E-state index in [9.17, 15) is 13.2 Å². The van der Waals surface area contributed by atoms with Gasteiger partial charge in [0.25, 0.3) is 0 Å². The van der Waals surface area contributed by atoms with Crippen molar-refractivity contribution in [3.63, 3.8) is 0 Å². The van der Waals surface area contributed by atoms with Crippen molar-refractivity contribution in [2.45, 2.75) is 6.18 Å². The molecule has 1 aromatic rings. The van der Waals surface area contributed by atoms with Crippen molar-refractivity contribution in [1.29, 1.82) is 0 Å². The summed E-state index contributed by atoms with van der Waals surface area (Å²) in [6, 6.07) is 3.84. The zero-order chi connectivity index (χ0) is 11.8. The lowest BCUT2D eigenvalue weighted by Gasteiger charge is -2.19. The summed E-state index contributed by atoms with van der Waals surface area (Å²) in [7, 11) is 0. The van der Waals surface area contributed by atoms with Gasteiger partial charge in [-0.05, 0) is 18.4 Å². The van der Waals surface area contributed by atoms with Crippen LogP contribution >= 0.6 is 11.8 Å². The summed E-state index contributed by atoms with van der Waals surface area (Å²) < 4.78 is 43.0. The van der Waals surface area contributed by atoms with Crippen LogP contribution in [0.5, 0.6) is 5.75 Å². The minimum Gasteiger partial charge on any atom is -0.484 e. The number of para-hydroxylation sites is 1. The number of hydrogen-bond donors (Lipinski definition) is 0. The number of hydrogen-bond acceptors (Lipinski definition) is 3. The van der Waals surface area contributed by atoms with E-state index in [0.29, 0.717) is 5.04 Å². The summed E-state index contributed by atoms with van der Waals surface area (Å²) in [5.74, 6) is -0.173. The number of alkyl halides is 3. The van der Waals surface area contributed by atoms with Gasteiger partial charge in [0.2, 0.25) is 0 Å². The summed E-state index contributed by atoms with van der Waals surface area (Å²) in [4.78, 5) is 4.09. The lowest BCUT2D eigenvalue weighted by molar-refractivity contribution is -0.138. The summed E-state index contributed by atoms with van der Waals surface area (Å²) in [6.07, 6.45) is -2.60. The smallest absolute Gasteiger partial charge is 0.420 e. The topological polar surface area (TPSA) is 21.6 Å². The van der Waals surface area contributed by atoms with E-state index in [1.165, 1.54) is 23.9 Å². The molecule has 0 atom stereocenters. The number of benzene rings is 1. The molecular formula is C10H8F3NOS. The fraction of sp³-hybridized carbons (Fsp3) is 0.300. The Morgan fingerprint density at radius 2 is 2.12 bits per heavy atom. The maximum Gasteiger partial charge on any atom is 0.420 e. The Kier molecular flexibility index (Phi) is 2.84. The Labute approximate surface area is 94.5 Å². The summed E-state index contributed by atoms with van der Waals surface area (Å²) in [5.41, 5.74) is -0.528. The number of fused-ring (bicyclic) bond motifs is 1. The first-order valence-electron chi connectivity index (χ1n) is 4.47. The van der Waals surface area contributed by atoms with Crippen LogP contribution in [0.25, 0.3) is 0 Å². The van der Waals surface area contributed by atoms with E-state index in [0.717, 1.165) is 6.07 Å². The van der Waals surface area contributed by atoms with Crippen molar-refractivity contribution >= 4 is 22.5 Å². The Morgan fingerprint density at radius 1 is 1.38 bits per heavy atom. The molecule has 1 aliphatic rings. The molecule has 0 aliphatic carbocycles. The number of thioether (sulfide) groups is 1. The van der Waals surface area contributed by atoms with E-state index in [2.05, 4.69) is 4.99 Å². The predicted octanol–water partition coefficient (Wildman–Crippen LogP) is 3.49. The molecule has 86 valence electrons. The zero-order valence-corrected chi connectivity index (χ0v) is 9.15. The van der Waals surface area contributed by atoms with Gasteiger partial charge >= 0.3 is 6.18 Å². The first-order valence-corrected chi connectivity index (χ1v) is 5.69. The second-order valence-corrected chi connectivity index (χ2v) is 4.03. The summed E-state index contributed by atoms with van der Waals surface area (Å²) in [6.45, 7) is 0.0985. The van der Waals surface area contributed by atoms with Crippen molar-refractivity contribution in [2.24, 2.45) is 4.99 Å². The van der Waals surface area contributed by atoms with Gasteiger partial charge in [-0.15, -0.1) is 11.8 Å². The van der Waals surface area contributed by atoms with Crippen LogP contribution in [0.15, 0.2) is 23.2 Å². The largest absolute Gasteiger partial charge is 0.484 e. The van der Waals surface area contributed by atoms with Gasteiger partial charge in [0.05, 0.1) is 5.56 Å². The molecule has 0 radical (unpaired) electrons. The second-order valence-electron chi connectivity index (χ2n) is 3.15. The van der Waals surface area contributed by atoms with Gasteiger partial charge in [-0.3, -0.25) is 0 Å². The van der Waals surface area contributed by atoms with E-state index >= 15 is 0 Å². The summed E-state index contributed by atoms with van der Waals surface area (Å²) >= 11 is 1.37. The predicted molar refractivity (Wildman–Crippen MR) is 57.5 cm³/mol. The molecule has 1 aliphatic heterocycles. The van der Waals surface area contributed by atoms with Gasteiger partial charge in [-0.1, -0.05) is 6.07 Å². The van der Waals surface area contributed by atoms with Gasteiger partial charge in [-0.2, -0.15) is 13.2 Å². The molecule has 1 heterocycles. The van der Waals surface area contributed by atoms with Crippen LogP contribution in [0.2, 0.25) is 0 Å². The van der Waals surface area contributed by atoms with Crippen LogP contribution in [-0.4, -0.2) is 17.9 Å². The number of halogens is 3. The average molecular weight is 247 g/mol. The molecule has 0 amide bonds. The van der Waals surface area contributed by atoms with Crippen molar-refractivity contribution in [1.82, 2.24) is 0 Å². The zero-order valence-electron chi connectivity index (χ0n) is 8.34. The molecule has 0 unspecified atom stereocenters. The molecule has 0 spiro atoms. The molecule has 0 aromatic heterocycles. The number of ether oxygens (including phenoxy) is 1. The van der Waals surface area contributed by atoms with Crippen LogP contribution < -0.4 is 4.74 Å². The van der Waals surface area contributed by atoms with Crippen LogP contribution in [0.1, 0.15) is 5.56 Å². The van der Waals surface area contributed by atoms with Gasteiger partial charge in [-0.25, -0.2) is 4.99 Å². The molecule has 6 heteroatoms. The Morgan fingerprint density at radius 3 is 2.75 bits per heavy atom. The molecule has 0 saturated carbocycles. The van der Waals surface area contributed by atoms with E-state index in [1.807, 2.05) is 0 Å². The van der Waals surface area contributed by atoms with Crippen LogP contribution in [0.4, 0.5) is 18.9 Å². The fourth-order valence-electron chi connectivity index (χ4n) is 1.39. The highest BCUT2D eigenvalue weighted by Crippen LogP contribution is 2.43. The highest BCUT2D eigenvalue weighted by Gasteiger charge is 2.36. The van der Waals surface area contributed by atoms with Gasteiger partial charge in [0.15, 0.2) is 5.75 Å². The highest BCUT2D eigenvalue weighted by molar-refractivity contribution is 8.13. The lowest BCUT2D eigenvalue weighted by Crippen LogP contribution is -2.16. The first-order chi connectivity index (χ1) is 7.52. The van der Waals surface area contributed by atoms with E-state index in [-0.39, 0.29) is 18.0 Å². The third-order valence-electron chi connectivity index (χ3n) is 2.12. The van der Waals surface area contributed by atoms with Crippen LogP contribution in [0, 0.1) is 0 Å². The minimum atomic E-state index is -4.41.